The molecule has 0 aliphatic carbocycles. The topological polar surface area (TPSA) is 72.6 Å². The lowest BCUT2D eigenvalue weighted by Crippen LogP contribution is -2.35. The second-order valence-corrected chi connectivity index (χ2v) is 5.42. The Morgan fingerprint density at radius 2 is 2.00 bits per heavy atom. The van der Waals surface area contributed by atoms with Crippen LogP contribution in [-0.2, 0) is 16.1 Å². The summed E-state index contributed by atoms with van der Waals surface area (Å²) in [5.41, 5.74) is 1.03. The second-order valence-electron chi connectivity index (χ2n) is 5.42. The first kappa shape index (κ1) is 17.5. The fraction of sp³-hybridized carbons (Fsp3) is 0.278. The van der Waals surface area contributed by atoms with Gasteiger partial charge in [-0.1, -0.05) is 30.3 Å². The number of carbonyl (C=O) groups is 2. The van der Waals surface area contributed by atoms with Gasteiger partial charge in [-0.3, -0.25) is 4.79 Å². The van der Waals surface area contributed by atoms with Crippen LogP contribution in [0.25, 0.3) is 6.08 Å². The van der Waals surface area contributed by atoms with E-state index in [1.54, 1.807) is 11.0 Å². The van der Waals surface area contributed by atoms with E-state index in [2.05, 4.69) is 9.72 Å². The van der Waals surface area contributed by atoms with Gasteiger partial charge in [0.25, 0.3) is 0 Å². The fourth-order valence-corrected chi connectivity index (χ4v) is 2.07. The van der Waals surface area contributed by atoms with Crippen LogP contribution < -0.4 is 0 Å². The average molecular weight is 328 g/mol. The maximum atomic E-state index is 12.4. The van der Waals surface area contributed by atoms with E-state index in [0.29, 0.717) is 0 Å². The number of nitrogens with zero attached hydrogens (tertiary/aromatic N) is 2. The van der Waals surface area contributed by atoms with Crippen molar-refractivity contribution in [2.45, 2.75) is 26.4 Å². The van der Waals surface area contributed by atoms with Gasteiger partial charge in [0.1, 0.15) is 6.26 Å². The molecule has 6 nitrogen and oxygen atoms in total. The van der Waals surface area contributed by atoms with E-state index in [-0.39, 0.29) is 30.1 Å². The molecular weight excluding hydrogens is 308 g/mol. The molecule has 0 fully saturated rings. The van der Waals surface area contributed by atoms with Crippen molar-refractivity contribution < 1.29 is 18.7 Å². The largest absolute Gasteiger partial charge is 0.464 e. The number of hydrogen-bond donors (Lipinski definition) is 0. The second kappa shape index (κ2) is 8.10. The first-order valence-corrected chi connectivity index (χ1v) is 7.57. The third-order valence-corrected chi connectivity index (χ3v) is 3.38. The van der Waals surface area contributed by atoms with Crippen molar-refractivity contribution in [1.82, 2.24) is 9.88 Å². The Bertz CT molecular complexity index is 720. The third kappa shape index (κ3) is 4.55. The van der Waals surface area contributed by atoms with Gasteiger partial charge in [0.15, 0.2) is 5.69 Å². The zero-order chi connectivity index (χ0) is 17.5. The number of hydrogen-bond acceptors (Lipinski definition) is 5. The van der Waals surface area contributed by atoms with Crippen molar-refractivity contribution in [3.8, 4) is 0 Å². The van der Waals surface area contributed by atoms with Crippen molar-refractivity contribution in [3.63, 3.8) is 0 Å². The van der Waals surface area contributed by atoms with E-state index in [0.717, 1.165) is 5.56 Å². The Hall–Kier alpha value is -2.89. The van der Waals surface area contributed by atoms with Crippen molar-refractivity contribution in [2.75, 3.05) is 7.11 Å². The molecular formula is C18H20N2O4. The number of ether oxygens (including phenoxy) is 1. The standard InChI is InChI=1S/C18H20N2O4/c1-13(2)20(11-16-19-15(12-24-16)18(22)23-3)17(21)10-9-14-7-5-4-6-8-14/h4-10,12-13H,11H2,1-3H3/b10-9+. The van der Waals surface area contributed by atoms with Gasteiger partial charge < -0.3 is 14.1 Å². The summed E-state index contributed by atoms with van der Waals surface area (Å²) < 4.78 is 9.84. The van der Waals surface area contributed by atoms with E-state index in [9.17, 15) is 9.59 Å². The van der Waals surface area contributed by atoms with Crippen LogP contribution in [0.4, 0.5) is 0 Å². The summed E-state index contributed by atoms with van der Waals surface area (Å²) in [6.45, 7) is 3.98. The molecule has 0 saturated heterocycles. The number of carbonyl (C=O) groups excluding carboxylic acids is 2. The molecule has 0 atom stereocenters. The first-order chi connectivity index (χ1) is 11.5. The predicted molar refractivity (Wildman–Crippen MR) is 89.0 cm³/mol. The molecule has 24 heavy (non-hydrogen) atoms. The van der Waals surface area contributed by atoms with Crippen LogP contribution in [0.3, 0.4) is 0 Å². The highest BCUT2D eigenvalue weighted by Gasteiger charge is 2.19. The van der Waals surface area contributed by atoms with Crippen LogP contribution >= 0.6 is 0 Å². The van der Waals surface area contributed by atoms with Gasteiger partial charge in [-0.2, -0.15) is 0 Å². The molecule has 0 saturated carbocycles. The highest BCUT2D eigenvalue weighted by molar-refractivity contribution is 5.92. The number of rotatable bonds is 6. The van der Waals surface area contributed by atoms with Gasteiger partial charge in [-0.25, -0.2) is 9.78 Å². The van der Waals surface area contributed by atoms with Gasteiger partial charge in [-0.15, -0.1) is 0 Å². The van der Waals surface area contributed by atoms with Crippen LogP contribution in [0.15, 0.2) is 47.1 Å². The predicted octanol–water partition coefficient (Wildman–Crippen LogP) is 2.91. The smallest absolute Gasteiger partial charge is 0.360 e. The number of esters is 1. The molecule has 0 aliphatic rings. The van der Waals surface area contributed by atoms with Crippen LogP contribution in [0.5, 0.6) is 0 Å². The highest BCUT2D eigenvalue weighted by Crippen LogP contribution is 2.11. The summed E-state index contributed by atoms with van der Waals surface area (Å²) in [6, 6.07) is 9.52. The molecule has 1 aromatic heterocycles. The minimum atomic E-state index is -0.573. The summed E-state index contributed by atoms with van der Waals surface area (Å²) in [7, 11) is 1.27. The average Bonchev–Trinajstić information content (AvgIpc) is 3.06. The number of oxazole rings is 1. The molecule has 126 valence electrons. The minimum absolute atomic E-state index is 0.0496. The fourth-order valence-electron chi connectivity index (χ4n) is 2.07. The SMILES string of the molecule is COC(=O)c1coc(CN(C(=O)/C=C/c2ccccc2)C(C)C)n1. The summed E-state index contributed by atoms with van der Waals surface area (Å²) >= 11 is 0. The zero-order valence-corrected chi connectivity index (χ0v) is 13.9. The van der Waals surface area contributed by atoms with Crippen LogP contribution in [0, 0.1) is 0 Å². The van der Waals surface area contributed by atoms with Crippen molar-refractivity contribution >= 4 is 18.0 Å². The molecule has 1 amide bonds. The van der Waals surface area contributed by atoms with Gasteiger partial charge in [0, 0.05) is 12.1 Å². The van der Waals surface area contributed by atoms with E-state index >= 15 is 0 Å². The lowest BCUT2D eigenvalue weighted by Gasteiger charge is -2.23. The molecule has 6 heteroatoms. The Morgan fingerprint density at radius 3 is 2.62 bits per heavy atom. The summed E-state index contributed by atoms with van der Waals surface area (Å²) in [5, 5.41) is 0. The van der Waals surface area contributed by atoms with Crippen LogP contribution in [-0.4, -0.2) is 34.9 Å². The Kier molecular flexibility index (Phi) is 5.89. The molecule has 2 rings (SSSR count). The lowest BCUT2D eigenvalue weighted by molar-refractivity contribution is -0.128. The van der Waals surface area contributed by atoms with Gasteiger partial charge in [0.2, 0.25) is 11.8 Å². The van der Waals surface area contributed by atoms with E-state index in [1.807, 2.05) is 44.2 Å². The van der Waals surface area contributed by atoms with Crippen molar-refractivity contribution in [2.24, 2.45) is 0 Å². The highest BCUT2D eigenvalue weighted by atomic mass is 16.5. The van der Waals surface area contributed by atoms with Gasteiger partial charge >= 0.3 is 5.97 Å². The molecule has 0 aliphatic heterocycles. The molecule has 0 bridgehead atoms. The molecule has 2 aromatic rings. The maximum Gasteiger partial charge on any atom is 0.360 e. The van der Waals surface area contributed by atoms with Gasteiger partial charge in [0.05, 0.1) is 13.7 Å². The molecule has 0 radical (unpaired) electrons. The van der Waals surface area contributed by atoms with Gasteiger partial charge in [-0.05, 0) is 25.5 Å². The molecule has 1 heterocycles. The van der Waals surface area contributed by atoms with E-state index in [1.165, 1.54) is 19.4 Å². The lowest BCUT2D eigenvalue weighted by atomic mass is 10.2. The quantitative estimate of drug-likeness (QED) is 0.602. The first-order valence-electron chi connectivity index (χ1n) is 7.57. The Morgan fingerprint density at radius 1 is 1.29 bits per heavy atom. The molecule has 0 unspecified atom stereocenters. The number of benzene rings is 1. The number of aromatic nitrogens is 1. The number of amides is 1. The normalized spacial score (nSPS) is 11.0. The number of methoxy groups -OCH3 is 1. The molecule has 0 N–H and O–H groups in total. The van der Waals surface area contributed by atoms with Crippen molar-refractivity contribution in [1.29, 1.82) is 0 Å². The minimum Gasteiger partial charge on any atom is -0.464 e. The zero-order valence-electron chi connectivity index (χ0n) is 13.9. The summed E-state index contributed by atoms with van der Waals surface area (Å²) in [4.78, 5) is 29.5. The van der Waals surface area contributed by atoms with Crippen LogP contribution in [0.1, 0.15) is 35.8 Å². The Balaban J connectivity index is 2.08. The van der Waals surface area contributed by atoms with Crippen LogP contribution in [0.2, 0.25) is 0 Å². The van der Waals surface area contributed by atoms with E-state index in [4.69, 9.17) is 4.42 Å². The molecule has 0 spiro atoms. The Labute approximate surface area is 140 Å². The van der Waals surface area contributed by atoms with E-state index < -0.39 is 5.97 Å². The summed E-state index contributed by atoms with van der Waals surface area (Å²) in [5.74, 6) is -0.450. The maximum absolute atomic E-state index is 12.4. The monoisotopic (exact) mass is 328 g/mol. The summed E-state index contributed by atoms with van der Waals surface area (Å²) in [6.07, 6.45) is 4.50. The third-order valence-electron chi connectivity index (χ3n) is 3.38. The molecule has 1 aromatic carbocycles. The van der Waals surface area contributed by atoms with Crippen molar-refractivity contribution in [3.05, 3.63) is 59.8 Å².